The summed E-state index contributed by atoms with van der Waals surface area (Å²) in [6, 6.07) is 6.71. The Morgan fingerprint density at radius 1 is 1.26 bits per heavy atom. The number of halogens is 2. The summed E-state index contributed by atoms with van der Waals surface area (Å²) in [5.41, 5.74) is 0.594. The summed E-state index contributed by atoms with van der Waals surface area (Å²) in [7, 11) is 3.74. The van der Waals surface area contributed by atoms with Crippen LogP contribution in [0.25, 0.3) is 0 Å². The van der Waals surface area contributed by atoms with E-state index in [9.17, 15) is 4.39 Å². The molecule has 0 aliphatic carbocycles. The van der Waals surface area contributed by atoms with Gasteiger partial charge in [-0.05, 0) is 20.0 Å². The van der Waals surface area contributed by atoms with E-state index in [0.717, 1.165) is 32.8 Å². The highest BCUT2D eigenvalue weighted by molar-refractivity contribution is 14.0. The second kappa shape index (κ2) is 13.5. The van der Waals surface area contributed by atoms with Gasteiger partial charge in [0, 0.05) is 38.9 Å². The van der Waals surface area contributed by atoms with Crippen molar-refractivity contribution >= 4 is 29.9 Å². The zero-order valence-electron chi connectivity index (χ0n) is 14.1. The maximum atomic E-state index is 13.6. The number of hydrogen-bond acceptors (Lipinski definition) is 3. The number of ether oxygens (including phenoxy) is 1. The molecule has 1 aromatic carbocycles. The van der Waals surface area contributed by atoms with Gasteiger partial charge in [0.15, 0.2) is 5.96 Å². The Morgan fingerprint density at radius 3 is 2.65 bits per heavy atom. The molecule has 0 radical (unpaired) electrons. The highest BCUT2D eigenvalue weighted by atomic mass is 127. The maximum absolute atomic E-state index is 13.6. The molecule has 0 aliphatic heterocycles. The molecule has 0 saturated heterocycles. The number of methoxy groups -OCH3 is 1. The van der Waals surface area contributed by atoms with E-state index in [-0.39, 0.29) is 29.8 Å². The summed E-state index contributed by atoms with van der Waals surface area (Å²) in [4.78, 5) is 6.59. The van der Waals surface area contributed by atoms with Crippen LogP contribution in [0.2, 0.25) is 0 Å². The standard InChI is InChI=1S/C16H27FN4O.HI/c1-4-18-16(19-9-10-21(2)11-12-22-3)20-13-14-7-5-6-8-15(14)17;/h5-8H,4,9-13H2,1-3H3,(H2,18,19,20);1H. The lowest BCUT2D eigenvalue weighted by Crippen LogP contribution is -2.41. The fraction of sp³-hybridized carbons (Fsp3) is 0.562. The molecule has 0 saturated carbocycles. The van der Waals surface area contributed by atoms with E-state index in [1.54, 1.807) is 19.2 Å². The largest absolute Gasteiger partial charge is 0.383 e. The van der Waals surface area contributed by atoms with Crippen LogP contribution in [0, 0.1) is 5.82 Å². The van der Waals surface area contributed by atoms with Crippen molar-refractivity contribution in [3.8, 4) is 0 Å². The van der Waals surface area contributed by atoms with Gasteiger partial charge in [-0.15, -0.1) is 24.0 Å². The Morgan fingerprint density at radius 2 is 2.00 bits per heavy atom. The topological polar surface area (TPSA) is 48.9 Å². The Kier molecular flexibility index (Phi) is 13.0. The van der Waals surface area contributed by atoms with Crippen LogP contribution in [0.1, 0.15) is 12.5 Å². The van der Waals surface area contributed by atoms with Gasteiger partial charge >= 0.3 is 0 Å². The molecule has 1 aromatic rings. The Bertz CT molecular complexity index is 459. The number of rotatable bonds is 9. The van der Waals surface area contributed by atoms with Crippen LogP contribution >= 0.6 is 24.0 Å². The van der Waals surface area contributed by atoms with Gasteiger partial charge < -0.3 is 20.3 Å². The first kappa shape index (κ1) is 22.1. The van der Waals surface area contributed by atoms with Crippen molar-refractivity contribution in [2.75, 3.05) is 46.9 Å². The summed E-state index contributed by atoms with van der Waals surface area (Å²) in [6.07, 6.45) is 0. The van der Waals surface area contributed by atoms with E-state index in [1.165, 1.54) is 6.07 Å². The molecule has 5 nitrogen and oxygen atoms in total. The van der Waals surface area contributed by atoms with Crippen molar-refractivity contribution in [2.45, 2.75) is 13.5 Å². The molecule has 0 aromatic heterocycles. The second-order valence-corrected chi connectivity index (χ2v) is 5.01. The predicted octanol–water partition coefficient (Wildman–Crippen LogP) is 2.08. The molecular formula is C16H28FIN4O. The van der Waals surface area contributed by atoms with Crippen LogP contribution in [-0.2, 0) is 11.3 Å². The average Bonchev–Trinajstić information content (AvgIpc) is 2.52. The summed E-state index contributed by atoms with van der Waals surface area (Å²) < 4.78 is 18.6. The van der Waals surface area contributed by atoms with Crippen LogP contribution in [0.5, 0.6) is 0 Å². The fourth-order valence-corrected chi connectivity index (χ4v) is 1.86. The molecule has 23 heavy (non-hydrogen) atoms. The van der Waals surface area contributed by atoms with E-state index in [4.69, 9.17) is 4.74 Å². The summed E-state index contributed by atoms with van der Waals surface area (Å²) in [5.74, 6) is 0.479. The zero-order valence-corrected chi connectivity index (χ0v) is 16.5. The number of nitrogens with one attached hydrogen (secondary N) is 2. The number of aliphatic imine (C=N–C) groups is 1. The Hall–Kier alpha value is -0.930. The molecule has 0 unspecified atom stereocenters. The fourth-order valence-electron chi connectivity index (χ4n) is 1.86. The average molecular weight is 438 g/mol. The first-order valence-corrected chi connectivity index (χ1v) is 7.60. The quantitative estimate of drug-likeness (QED) is 0.352. The minimum Gasteiger partial charge on any atom is -0.383 e. The molecule has 0 heterocycles. The Labute approximate surface area is 155 Å². The van der Waals surface area contributed by atoms with E-state index in [1.807, 2.05) is 20.0 Å². The van der Waals surface area contributed by atoms with Crippen molar-refractivity contribution in [2.24, 2.45) is 4.99 Å². The van der Waals surface area contributed by atoms with Gasteiger partial charge in [-0.2, -0.15) is 0 Å². The monoisotopic (exact) mass is 438 g/mol. The lowest BCUT2D eigenvalue weighted by Gasteiger charge is -2.17. The SMILES string of the molecule is CCNC(=NCc1ccccc1F)NCCN(C)CCOC.I. The molecule has 0 spiro atoms. The normalized spacial score (nSPS) is 11.3. The molecule has 0 atom stereocenters. The number of guanidine groups is 1. The van der Waals surface area contributed by atoms with Gasteiger partial charge in [-0.3, -0.25) is 0 Å². The molecular weight excluding hydrogens is 410 g/mol. The van der Waals surface area contributed by atoms with E-state index < -0.39 is 0 Å². The summed E-state index contributed by atoms with van der Waals surface area (Å²) in [5, 5.41) is 6.41. The van der Waals surface area contributed by atoms with Gasteiger partial charge in [0.25, 0.3) is 0 Å². The highest BCUT2D eigenvalue weighted by Gasteiger charge is 2.02. The van der Waals surface area contributed by atoms with Crippen molar-refractivity contribution in [1.82, 2.24) is 15.5 Å². The van der Waals surface area contributed by atoms with Gasteiger partial charge in [0.05, 0.1) is 13.2 Å². The lowest BCUT2D eigenvalue weighted by molar-refractivity contribution is 0.162. The van der Waals surface area contributed by atoms with E-state index in [2.05, 4.69) is 20.5 Å². The van der Waals surface area contributed by atoms with E-state index >= 15 is 0 Å². The minimum absolute atomic E-state index is 0. The molecule has 0 bridgehead atoms. The predicted molar refractivity (Wildman–Crippen MR) is 104 cm³/mol. The molecule has 7 heteroatoms. The number of benzene rings is 1. The van der Waals surface area contributed by atoms with Crippen LogP contribution < -0.4 is 10.6 Å². The third-order valence-electron chi connectivity index (χ3n) is 3.17. The third-order valence-corrected chi connectivity index (χ3v) is 3.17. The van der Waals surface area contributed by atoms with Gasteiger partial charge in [0.1, 0.15) is 5.82 Å². The Balaban J connectivity index is 0.00000484. The highest BCUT2D eigenvalue weighted by Crippen LogP contribution is 2.07. The maximum Gasteiger partial charge on any atom is 0.191 e. The molecule has 0 amide bonds. The van der Waals surface area contributed by atoms with Crippen LogP contribution in [0.15, 0.2) is 29.3 Å². The minimum atomic E-state index is -0.221. The molecule has 2 N–H and O–H groups in total. The van der Waals surface area contributed by atoms with Crippen molar-refractivity contribution in [1.29, 1.82) is 0 Å². The molecule has 132 valence electrons. The molecule has 1 rings (SSSR count). The summed E-state index contributed by atoms with van der Waals surface area (Å²) >= 11 is 0. The van der Waals surface area contributed by atoms with E-state index in [0.29, 0.717) is 18.1 Å². The van der Waals surface area contributed by atoms with Gasteiger partial charge in [-0.25, -0.2) is 9.38 Å². The zero-order chi connectivity index (χ0) is 16.2. The number of hydrogen-bond donors (Lipinski definition) is 2. The lowest BCUT2D eigenvalue weighted by atomic mass is 10.2. The van der Waals surface area contributed by atoms with Gasteiger partial charge in [-0.1, -0.05) is 18.2 Å². The third kappa shape index (κ3) is 9.72. The van der Waals surface area contributed by atoms with Crippen molar-refractivity contribution in [3.05, 3.63) is 35.6 Å². The van der Waals surface area contributed by atoms with Crippen LogP contribution in [0.4, 0.5) is 4.39 Å². The number of likely N-dealkylation sites (N-methyl/N-ethyl adjacent to an activating group) is 1. The van der Waals surface area contributed by atoms with Crippen LogP contribution in [-0.4, -0.2) is 57.8 Å². The summed E-state index contributed by atoms with van der Waals surface area (Å²) in [6.45, 7) is 6.35. The second-order valence-electron chi connectivity index (χ2n) is 5.01. The van der Waals surface area contributed by atoms with Crippen molar-refractivity contribution < 1.29 is 9.13 Å². The van der Waals surface area contributed by atoms with Gasteiger partial charge in [0.2, 0.25) is 0 Å². The molecule has 0 aliphatic rings. The number of nitrogens with zero attached hydrogens (tertiary/aromatic N) is 2. The molecule has 0 fully saturated rings. The van der Waals surface area contributed by atoms with Crippen LogP contribution in [0.3, 0.4) is 0 Å². The first-order chi connectivity index (χ1) is 10.7. The smallest absolute Gasteiger partial charge is 0.191 e. The van der Waals surface area contributed by atoms with Crippen molar-refractivity contribution in [3.63, 3.8) is 0 Å². The first-order valence-electron chi connectivity index (χ1n) is 7.60.